The zero-order valence-electron chi connectivity index (χ0n) is 10.6. The van der Waals surface area contributed by atoms with E-state index in [0.717, 1.165) is 0 Å². The fraction of sp³-hybridized carbons (Fsp3) is 0.333. The molecule has 2 N–H and O–H groups in total. The van der Waals surface area contributed by atoms with Gasteiger partial charge >= 0.3 is 6.09 Å². The Balaban J connectivity index is 1.88. The molecule has 2 aromatic rings. The van der Waals surface area contributed by atoms with E-state index < -0.39 is 6.09 Å². The molecular formula is C12H13N5O3. The minimum absolute atomic E-state index is 0.237. The Morgan fingerprint density at radius 3 is 2.75 bits per heavy atom. The number of carboxylic acid groups (broad SMARTS) is 1. The van der Waals surface area contributed by atoms with Crippen LogP contribution in [0, 0.1) is 0 Å². The van der Waals surface area contributed by atoms with Gasteiger partial charge in [-0.2, -0.15) is 4.98 Å². The van der Waals surface area contributed by atoms with Crippen LogP contribution in [-0.2, 0) is 0 Å². The maximum Gasteiger partial charge on any atom is 0.407 e. The van der Waals surface area contributed by atoms with Crippen LogP contribution in [0.25, 0.3) is 11.0 Å². The minimum Gasteiger partial charge on any atom is -0.465 e. The molecule has 20 heavy (non-hydrogen) atoms. The first-order chi connectivity index (χ1) is 9.65. The predicted molar refractivity (Wildman–Crippen MR) is 72.0 cm³/mol. The van der Waals surface area contributed by atoms with Crippen LogP contribution in [0.2, 0.25) is 0 Å². The van der Waals surface area contributed by atoms with Crippen LogP contribution >= 0.6 is 0 Å². The Bertz CT molecular complexity index is 706. The van der Waals surface area contributed by atoms with Crippen LogP contribution in [0.3, 0.4) is 0 Å². The van der Waals surface area contributed by atoms with Gasteiger partial charge in [-0.05, 0) is 12.1 Å². The van der Waals surface area contributed by atoms with Gasteiger partial charge in [-0.1, -0.05) is 0 Å². The fourth-order valence-corrected chi connectivity index (χ4v) is 2.22. The number of nitrogens with zero attached hydrogens (tertiary/aromatic N) is 4. The van der Waals surface area contributed by atoms with Crippen LogP contribution < -0.4 is 10.5 Å². The lowest BCUT2D eigenvalue weighted by Crippen LogP contribution is -2.49. The largest absolute Gasteiger partial charge is 0.465 e. The van der Waals surface area contributed by atoms with E-state index in [1.165, 1.54) is 4.90 Å². The monoisotopic (exact) mass is 275 g/mol. The van der Waals surface area contributed by atoms with Crippen molar-refractivity contribution in [2.75, 3.05) is 31.1 Å². The standard InChI is InChI=1S/C12H13N5O3/c18-10-8-2-1-3-13-9(8)14-11(15-10)16-4-6-17(7-5-16)12(19)20/h1-3H,4-7H2,(H,19,20)(H,13,14,15,18). The third-order valence-electron chi connectivity index (χ3n) is 3.32. The Hall–Kier alpha value is -2.64. The van der Waals surface area contributed by atoms with Crippen molar-refractivity contribution in [1.82, 2.24) is 19.9 Å². The smallest absolute Gasteiger partial charge is 0.407 e. The molecule has 3 heterocycles. The maximum absolute atomic E-state index is 11.9. The topological polar surface area (TPSA) is 102 Å². The number of anilines is 1. The van der Waals surface area contributed by atoms with Gasteiger partial charge in [0.25, 0.3) is 5.56 Å². The zero-order valence-corrected chi connectivity index (χ0v) is 10.6. The van der Waals surface area contributed by atoms with Crippen molar-refractivity contribution in [2.45, 2.75) is 0 Å². The molecule has 0 radical (unpaired) electrons. The quantitative estimate of drug-likeness (QED) is 0.766. The highest BCUT2D eigenvalue weighted by Crippen LogP contribution is 2.12. The van der Waals surface area contributed by atoms with Gasteiger partial charge in [-0.15, -0.1) is 0 Å². The summed E-state index contributed by atoms with van der Waals surface area (Å²) in [5, 5.41) is 9.35. The number of hydrogen-bond acceptors (Lipinski definition) is 5. The molecule has 0 atom stereocenters. The molecule has 1 fully saturated rings. The molecule has 0 saturated carbocycles. The van der Waals surface area contributed by atoms with E-state index in [1.807, 2.05) is 4.90 Å². The van der Waals surface area contributed by atoms with E-state index in [2.05, 4.69) is 15.0 Å². The number of pyridine rings is 1. The molecule has 1 aliphatic rings. The first-order valence-electron chi connectivity index (χ1n) is 6.23. The Kier molecular flexibility index (Phi) is 2.97. The molecule has 0 unspecified atom stereocenters. The number of aromatic nitrogens is 3. The Morgan fingerprint density at radius 1 is 1.30 bits per heavy atom. The summed E-state index contributed by atoms with van der Waals surface area (Å²) in [4.78, 5) is 37.1. The first-order valence-corrected chi connectivity index (χ1v) is 6.23. The molecule has 0 aliphatic carbocycles. The van der Waals surface area contributed by atoms with Gasteiger partial charge < -0.3 is 14.9 Å². The molecule has 1 aliphatic heterocycles. The lowest BCUT2D eigenvalue weighted by atomic mass is 10.3. The minimum atomic E-state index is -0.925. The van der Waals surface area contributed by atoms with Crippen LogP contribution in [0.15, 0.2) is 23.1 Å². The van der Waals surface area contributed by atoms with Crippen molar-refractivity contribution < 1.29 is 9.90 Å². The number of nitrogens with one attached hydrogen (secondary N) is 1. The van der Waals surface area contributed by atoms with Gasteiger partial charge in [0.15, 0.2) is 5.65 Å². The number of piperazine rings is 1. The summed E-state index contributed by atoms with van der Waals surface area (Å²) in [5.41, 5.74) is 0.158. The van der Waals surface area contributed by atoms with Crippen molar-refractivity contribution >= 4 is 23.1 Å². The van der Waals surface area contributed by atoms with Gasteiger partial charge in [0.2, 0.25) is 5.95 Å². The van der Waals surface area contributed by atoms with Gasteiger partial charge in [0.05, 0.1) is 5.39 Å². The number of aromatic amines is 1. The van der Waals surface area contributed by atoms with Gasteiger partial charge in [0, 0.05) is 32.4 Å². The van der Waals surface area contributed by atoms with E-state index in [1.54, 1.807) is 18.3 Å². The van der Waals surface area contributed by atoms with Crippen molar-refractivity contribution in [3.63, 3.8) is 0 Å². The van der Waals surface area contributed by atoms with Crippen LogP contribution in [0.4, 0.5) is 10.7 Å². The van der Waals surface area contributed by atoms with Crippen molar-refractivity contribution in [2.24, 2.45) is 0 Å². The normalized spacial score (nSPS) is 15.6. The lowest BCUT2D eigenvalue weighted by molar-refractivity contribution is 0.142. The lowest BCUT2D eigenvalue weighted by Gasteiger charge is -2.33. The number of fused-ring (bicyclic) bond motifs is 1. The second-order valence-corrected chi connectivity index (χ2v) is 4.52. The first kappa shape index (κ1) is 12.4. The molecule has 8 nitrogen and oxygen atoms in total. The SMILES string of the molecule is O=C(O)N1CCN(c2nc3ncccc3c(=O)[nH]2)CC1. The molecule has 1 saturated heterocycles. The van der Waals surface area contributed by atoms with E-state index in [9.17, 15) is 9.59 Å². The molecule has 0 aromatic carbocycles. The average Bonchev–Trinajstić information content (AvgIpc) is 2.47. The number of H-pyrrole nitrogens is 1. The molecule has 2 aromatic heterocycles. The summed E-state index contributed by atoms with van der Waals surface area (Å²) in [5.74, 6) is 0.436. The van der Waals surface area contributed by atoms with Crippen molar-refractivity contribution in [1.29, 1.82) is 0 Å². The summed E-state index contributed by atoms with van der Waals surface area (Å²) in [6.07, 6.45) is 0.660. The van der Waals surface area contributed by atoms with E-state index >= 15 is 0 Å². The zero-order chi connectivity index (χ0) is 14.1. The fourth-order valence-electron chi connectivity index (χ4n) is 2.22. The number of carbonyl (C=O) groups is 1. The summed E-state index contributed by atoms with van der Waals surface area (Å²) in [6.45, 7) is 1.76. The van der Waals surface area contributed by atoms with Gasteiger partial charge in [0.1, 0.15) is 0 Å². The second kappa shape index (κ2) is 4.80. The predicted octanol–water partition coefficient (Wildman–Crippen LogP) is 0.118. The molecule has 104 valence electrons. The molecule has 1 amide bonds. The summed E-state index contributed by atoms with van der Waals surface area (Å²) in [6, 6.07) is 3.35. The molecule has 8 heteroatoms. The van der Waals surface area contributed by atoms with E-state index in [0.29, 0.717) is 43.2 Å². The van der Waals surface area contributed by atoms with Crippen molar-refractivity contribution in [3.8, 4) is 0 Å². The Morgan fingerprint density at radius 2 is 2.05 bits per heavy atom. The van der Waals surface area contributed by atoms with Gasteiger partial charge in [-0.25, -0.2) is 9.78 Å². The summed E-state index contributed by atoms with van der Waals surface area (Å²) < 4.78 is 0. The molecular weight excluding hydrogens is 262 g/mol. The van der Waals surface area contributed by atoms with Crippen LogP contribution in [0.1, 0.15) is 0 Å². The van der Waals surface area contributed by atoms with Crippen LogP contribution in [0.5, 0.6) is 0 Å². The third kappa shape index (κ3) is 2.15. The van der Waals surface area contributed by atoms with E-state index in [4.69, 9.17) is 5.11 Å². The summed E-state index contributed by atoms with van der Waals surface area (Å²) >= 11 is 0. The molecule has 3 rings (SSSR count). The number of hydrogen-bond donors (Lipinski definition) is 2. The number of rotatable bonds is 1. The second-order valence-electron chi connectivity index (χ2n) is 4.52. The maximum atomic E-state index is 11.9. The average molecular weight is 275 g/mol. The van der Waals surface area contributed by atoms with E-state index in [-0.39, 0.29) is 5.56 Å². The number of amides is 1. The Labute approximate surface area is 113 Å². The summed E-state index contributed by atoms with van der Waals surface area (Å²) in [7, 11) is 0. The van der Waals surface area contributed by atoms with Crippen LogP contribution in [-0.4, -0.2) is 57.2 Å². The third-order valence-corrected chi connectivity index (χ3v) is 3.32. The molecule has 0 bridgehead atoms. The highest BCUT2D eigenvalue weighted by atomic mass is 16.4. The highest BCUT2D eigenvalue weighted by Gasteiger charge is 2.22. The van der Waals surface area contributed by atoms with Gasteiger partial charge in [-0.3, -0.25) is 9.78 Å². The van der Waals surface area contributed by atoms with Crippen molar-refractivity contribution in [3.05, 3.63) is 28.7 Å². The highest BCUT2D eigenvalue weighted by molar-refractivity contribution is 5.74. The molecule has 0 spiro atoms.